The fraction of sp³-hybridized carbons (Fsp3) is 0.250. The molecule has 0 saturated heterocycles. The number of rotatable bonds is 2. The van der Waals surface area contributed by atoms with Crippen molar-refractivity contribution in [3.8, 4) is 0 Å². The minimum atomic E-state index is -4.22. The normalized spacial score (nSPS) is 14.0. The molecule has 0 heterocycles. The Morgan fingerprint density at radius 1 is 1.36 bits per heavy atom. The van der Waals surface area contributed by atoms with E-state index >= 15 is 0 Å². The Hall–Kier alpha value is -0.990. The van der Waals surface area contributed by atoms with Gasteiger partial charge in [0.05, 0.1) is 0 Å². The maximum Gasteiger partial charge on any atom is 0.409 e. The third-order valence-electron chi connectivity index (χ3n) is 0.966. The van der Waals surface area contributed by atoms with E-state index in [0.29, 0.717) is 5.57 Å². The first-order valence-corrected chi connectivity index (χ1v) is 3.01. The lowest BCUT2D eigenvalue weighted by Crippen LogP contribution is -1.99. The van der Waals surface area contributed by atoms with Crippen molar-refractivity contribution in [3.05, 3.63) is 36.5 Å². The van der Waals surface area contributed by atoms with Crippen LogP contribution in [0.25, 0.3) is 0 Å². The third-order valence-corrected chi connectivity index (χ3v) is 0.966. The van der Waals surface area contributed by atoms with Gasteiger partial charge < -0.3 is 0 Å². The second kappa shape index (κ2) is 4.01. The van der Waals surface area contributed by atoms with Crippen LogP contribution in [0, 0.1) is 0 Å². The lowest BCUT2D eigenvalue weighted by atomic mass is 10.3. The summed E-state index contributed by atoms with van der Waals surface area (Å²) in [5.74, 6) is 0. The van der Waals surface area contributed by atoms with Gasteiger partial charge in [0.2, 0.25) is 0 Å². The molecule has 0 unspecified atom stereocenters. The Bertz CT molecular complexity index is 184. The van der Waals surface area contributed by atoms with Crippen LogP contribution >= 0.6 is 0 Å². The van der Waals surface area contributed by atoms with E-state index in [2.05, 4.69) is 6.58 Å². The molecule has 0 radical (unpaired) electrons. The zero-order valence-electron chi connectivity index (χ0n) is 6.15. The highest BCUT2D eigenvalue weighted by Gasteiger charge is 2.21. The molecule has 0 aliphatic carbocycles. The number of allylic oxidation sites excluding steroid dienone is 5. The van der Waals surface area contributed by atoms with Gasteiger partial charge in [-0.2, -0.15) is 13.2 Å². The molecule has 0 amide bonds. The van der Waals surface area contributed by atoms with Crippen molar-refractivity contribution in [2.45, 2.75) is 13.1 Å². The lowest BCUT2D eigenvalue weighted by molar-refractivity contribution is -0.0798. The molecular weight excluding hydrogens is 153 g/mol. The average Bonchev–Trinajstić information content (AvgIpc) is 1.85. The monoisotopic (exact) mass is 162 g/mol. The highest BCUT2D eigenvalue weighted by atomic mass is 19.4. The van der Waals surface area contributed by atoms with E-state index in [9.17, 15) is 13.2 Å². The molecule has 0 fully saturated rings. The van der Waals surface area contributed by atoms with Crippen molar-refractivity contribution in [1.82, 2.24) is 0 Å². The van der Waals surface area contributed by atoms with Crippen molar-refractivity contribution >= 4 is 0 Å². The molecule has 0 aliphatic rings. The molecule has 0 aromatic rings. The van der Waals surface area contributed by atoms with Crippen LogP contribution in [0.2, 0.25) is 0 Å². The van der Waals surface area contributed by atoms with Crippen molar-refractivity contribution in [3.63, 3.8) is 0 Å². The van der Waals surface area contributed by atoms with Gasteiger partial charge in [0.1, 0.15) is 0 Å². The van der Waals surface area contributed by atoms with Crippen molar-refractivity contribution in [2.75, 3.05) is 0 Å². The van der Waals surface area contributed by atoms with Gasteiger partial charge >= 0.3 is 6.18 Å². The molecule has 0 aromatic carbocycles. The van der Waals surface area contributed by atoms with Crippen LogP contribution in [0.4, 0.5) is 13.2 Å². The van der Waals surface area contributed by atoms with Crippen molar-refractivity contribution < 1.29 is 13.2 Å². The first-order valence-electron chi connectivity index (χ1n) is 3.01. The van der Waals surface area contributed by atoms with Gasteiger partial charge in [-0.05, 0) is 6.92 Å². The summed E-state index contributed by atoms with van der Waals surface area (Å²) in [5.41, 5.74) is 0.700. The molecule has 0 rings (SSSR count). The zero-order chi connectivity index (χ0) is 8.91. The molecule has 0 saturated carbocycles. The Labute approximate surface area is 63.7 Å². The quantitative estimate of drug-likeness (QED) is 0.547. The van der Waals surface area contributed by atoms with E-state index in [4.69, 9.17) is 0 Å². The van der Waals surface area contributed by atoms with Gasteiger partial charge in [0, 0.05) is 6.08 Å². The van der Waals surface area contributed by atoms with Crippen LogP contribution in [-0.2, 0) is 0 Å². The second-order valence-corrected chi connectivity index (χ2v) is 2.02. The summed E-state index contributed by atoms with van der Waals surface area (Å²) in [7, 11) is 0. The SMILES string of the molecule is C=C/C(C)=C\C=C\C(F)(F)F. The van der Waals surface area contributed by atoms with Crippen molar-refractivity contribution in [1.29, 1.82) is 0 Å². The van der Waals surface area contributed by atoms with Gasteiger partial charge in [-0.3, -0.25) is 0 Å². The first kappa shape index (κ1) is 10.0. The smallest absolute Gasteiger partial charge is 0.167 e. The minimum absolute atomic E-state index is 0.181. The molecule has 0 N–H and O–H groups in total. The van der Waals surface area contributed by atoms with Crippen LogP contribution in [0.1, 0.15) is 6.92 Å². The Morgan fingerprint density at radius 2 is 1.91 bits per heavy atom. The lowest BCUT2D eigenvalue weighted by Gasteiger charge is -1.94. The molecule has 0 nitrogen and oxygen atoms in total. The van der Waals surface area contributed by atoms with E-state index in [1.54, 1.807) is 6.92 Å². The number of halogens is 3. The number of hydrogen-bond donors (Lipinski definition) is 0. The fourth-order valence-electron chi connectivity index (χ4n) is 0.377. The van der Waals surface area contributed by atoms with E-state index in [1.165, 1.54) is 12.2 Å². The standard InChI is InChI=1S/C8H9F3/c1-3-7(2)5-4-6-8(9,10)11/h3-6H,1H2,2H3/b6-4+,7-5-. The highest BCUT2D eigenvalue weighted by Crippen LogP contribution is 2.15. The number of hydrogen-bond acceptors (Lipinski definition) is 0. The van der Waals surface area contributed by atoms with E-state index in [-0.39, 0.29) is 6.08 Å². The summed E-state index contributed by atoms with van der Waals surface area (Å²) in [6.45, 7) is 5.07. The minimum Gasteiger partial charge on any atom is -0.167 e. The fourth-order valence-corrected chi connectivity index (χ4v) is 0.377. The summed E-state index contributed by atoms with van der Waals surface area (Å²) in [6.07, 6.45) is -0.254. The molecule has 0 aromatic heterocycles. The largest absolute Gasteiger partial charge is 0.409 e. The predicted octanol–water partition coefficient (Wildman–Crippen LogP) is 3.24. The topological polar surface area (TPSA) is 0 Å². The van der Waals surface area contributed by atoms with Crippen LogP contribution in [0.5, 0.6) is 0 Å². The molecule has 0 bridgehead atoms. The van der Waals surface area contributed by atoms with Crippen molar-refractivity contribution in [2.24, 2.45) is 0 Å². The summed E-state index contributed by atoms with van der Waals surface area (Å²) in [6, 6.07) is 0. The van der Waals surface area contributed by atoms with Crippen LogP contribution < -0.4 is 0 Å². The molecular formula is C8H9F3. The molecule has 11 heavy (non-hydrogen) atoms. The Kier molecular flexibility index (Phi) is 3.65. The van der Waals surface area contributed by atoms with Gasteiger partial charge in [0.15, 0.2) is 0 Å². The van der Waals surface area contributed by atoms with Gasteiger partial charge in [0.25, 0.3) is 0 Å². The average molecular weight is 162 g/mol. The third kappa shape index (κ3) is 6.90. The van der Waals surface area contributed by atoms with Crippen LogP contribution in [0.15, 0.2) is 36.5 Å². The predicted molar refractivity (Wildman–Crippen MR) is 39.1 cm³/mol. The molecule has 0 spiro atoms. The van der Waals surface area contributed by atoms with Crippen LogP contribution in [-0.4, -0.2) is 6.18 Å². The van der Waals surface area contributed by atoms with Gasteiger partial charge in [-0.15, -0.1) is 0 Å². The maximum absolute atomic E-state index is 11.5. The van der Waals surface area contributed by atoms with E-state index in [1.807, 2.05) is 0 Å². The number of alkyl halides is 3. The van der Waals surface area contributed by atoms with E-state index in [0.717, 1.165) is 6.08 Å². The van der Waals surface area contributed by atoms with Crippen LogP contribution in [0.3, 0.4) is 0 Å². The molecule has 62 valence electrons. The molecule has 3 heteroatoms. The second-order valence-electron chi connectivity index (χ2n) is 2.02. The maximum atomic E-state index is 11.5. The molecule has 0 aliphatic heterocycles. The van der Waals surface area contributed by atoms with Gasteiger partial charge in [-0.1, -0.05) is 30.4 Å². The highest BCUT2D eigenvalue weighted by molar-refractivity contribution is 5.20. The summed E-state index contributed by atoms with van der Waals surface area (Å²) >= 11 is 0. The summed E-state index contributed by atoms with van der Waals surface area (Å²) in [4.78, 5) is 0. The Balaban J connectivity index is 4.06. The Morgan fingerprint density at radius 3 is 2.27 bits per heavy atom. The molecule has 0 atom stereocenters. The first-order chi connectivity index (χ1) is 4.95. The zero-order valence-corrected chi connectivity index (χ0v) is 6.15. The van der Waals surface area contributed by atoms with E-state index < -0.39 is 6.18 Å². The summed E-state index contributed by atoms with van der Waals surface area (Å²) in [5, 5.41) is 0. The van der Waals surface area contributed by atoms with Gasteiger partial charge in [-0.25, -0.2) is 0 Å². The summed E-state index contributed by atoms with van der Waals surface area (Å²) < 4.78 is 34.4.